The number of fused-ring (bicyclic) bond motifs is 1. The van der Waals surface area contributed by atoms with Gasteiger partial charge in [-0.3, -0.25) is 4.79 Å². The second-order valence-corrected chi connectivity index (χ2v) is 4.44. The molecule has 2 rings (SSSR count). The highest BCUT2D eigenvalue weighted by atomic mass is 19.4. The van der Waals surface area contributed by atoms with E-state index in [9.17, 15) is 18.0 Å². The molecular formula is C13H14F3NO2. The van der Waals surface area contributed by atoms with Crippen molar-refractivity contribution in [2.45, 2.75) is 32.0 Å². The summed E-state index contributed by atoms with van der Waals surface area (Å²) >= 11 is 0. The molecule has 1 atom stereocenters. The van der Waals surface area contributed by atoms with Crippen molar-refractivity contribution in [2.24, 2.45) is 0 Å². The maximum atomic E-state index is 12.2. The monoisotopic (exact) mass is 273 g/mol. The molecule has 1 N–H and O–H groups in total. The fourth-order valence-electron chi connectivity index (χ4n) is 2.22. The quantitative estimate of drug-likeness (QED) is 0.917. The third kappa shape index (κ3) is 3.19. The minimum absolute atomic E-state index is 0.401. The number of ether oxygens (including phenoxy) is 1. The van der Waals surface area contributed by atoms with Crippen LogP contribution >= 0.6 is 0 Å². The fraction of sp³-hybridized carbons (Fsp3) is 0.462. The van der Waals surface area contributed by atoms with Crippen LogP contribution in [0.2, 0.25) is 0 Å². The molecular weight excluding hydrogens is 259 g/mol. The number of hydrogen-bond acceptors (Lipinski definition) is 2. The number of benzene rings is 1. The first-order chi connectivity index (χ1) is 8.90. The molecule has 1 aliphatic rings. The van der Waals surface area contributed by atoms with Crippen LogP contribution in [-0.4, -0.2) is 24.7 Å². The fourth-order valence-corrected chi connectivity index (χ4v) is 2.22. The Bertz CT molecular complexity index is 485. The summed E-state index contributed by atoms with van der Waals surface area (Å²) in [7, 11) is 0. The van der Waals surface area contributed by atoms with Crippen molar-refractivity contribution < 1.29 is 22.7 Å². The van der Waals surface area contributed by atoms with Gasteiger partial charge in [-0.05, 0) is 43.0 Å². The van der Waals surface area contributed by atoms with E-state index in [-0.39, 0.29) is 0 Å². The van der Waals surface area contributed by atoms with Crippen molar-refractivity contribution in [2.75, 3.05) is 6.61 Å². The number of alkyl halides is 3. The standard InChI is InChI=1S/C13H14F3NO2/c1-2-19-11-4-3-8-5-10(6-9(8)7-11)17-12(18)13(14,15)16/h3-4,7,10H,2,5-6H2,1H3,(H,17,18)/t10-/m0/s1. The summed E-state index contributed by atoms with van der Waals surface area (Å²) < 4.78 is 41.8. The van der Waals surface area contributed by atoms with Crippen LogP contribution in [0.5, 0.6) is 5.75 Å². The third-order valence-electron chi connectivity index (χ3n) is 3.01. The zero-order chi connectivity index (χ0) is 14.0. The molecule has 0 heterocycles. The number of rotatable bonds is 3. The van der Waals surface area contributed by atoms with E-state index < -0.39 is 18.1 Å². The van der Waals surface area contributed by atoms with E-state index in [0.29, 0.717) is 25.2 Å². The summed E-state index contributed by atoms with van der Waals surface area (Å²) in [6.07, 6.45) is -4.01. The predicted octanol–water partition coefficient (Wildman–Crippen LogP) is 2.23. The second kappa shape index (κ2) is 5.11. The van der Waals surface area contributed by atoms with E-state index in [1.807, 2.05) is 24.4 Å². The van der Waals surface area contributed by atoms with Crippen molar-refractivity contribution in [1.29, 1.82) is 0 Å². The molecule has 1 aliphatic carbocycles. The Morgan fingerprint density at radius 1 is 1.37 bits per heavy atom. The number of carbonyl (C=O) groups is 1. The summed E-state index contributed by atoms with van der Waals surface area (Å²) in [6, 6.07) is 4.94. The van der Waals surface area contributed by atoms with Gasteiger partial charge in [0.2, 0.25) is 0 Å². The zero-order valence-corrected chi connectivity index (χ0v) is 10.4. The number of carbonyl (C=O) groups excluding carboxylic acids is 1. The van der Waals surface area contributed by atoms with Crippen LogP contribution in [0.3, 0.4) is 0 Å². The van der Waals surface area contributed by atoms with Crippen molar-refractivity contribution in [3.05, 3.63) is 29.3 Å². The van der Waals surface area contributed by atoms with Crippen molar-refractivity contribution in [3.8, 4) is 5.75 Å². The maximum Gasteiger partial charge on any atom is 0.471 e. The van der Waals surface area contributed by atoms with E-state index in [0.717, 1.165) is 11.1 Å². The minimum Gasteiger partial charge on any atom is -0.494 e. The highest BCUT2D eigenvalue weighted by Gasteiger charge is 2.40. The minimum atomic E-state index is -4.83. The molecule has 0 saturated heterocycles. The molecule has 1 aromatic rings. The third-order valence-corrected chi connectivity index (χ3v) is 3.01. The number of amides is 1. The predicted molar refractivity (Wildman–Crippen MR) is 63.0 cm³/mol. The van der Waals surface area contributed by atoms with Crippen LogP contribution in [0.25, 0.3) is 0 Å². The van der Waals surface area contributed by atoms with Gasteiger partial charge in [-0.2, -0.15) is 13.2 Å². The lowest BCUT2D eigenvalue weighted by Gasteiger charge is -2.13. The van der Waals surface area contributed by atoms with Crippen molar-refractivity contribution in [3.63, 3.8) is 0 Å². The SMILES string of the molecule is CCOc1ccc2c(c1)C[C@@H](NC(=O)C(F)(F)F)C2. The van der Waals surface area contributed by atoms with Gasteiger partial charge in [-0.15, -0.1) is 0 Å². The van der Waals surface area contributed by atoms with Gasteiger partial charge in [-0.25, -0.2) is 0 Å². The summed E-state index contributed by atoms with van der Waals surface area (Å²) in [5, 5.41) is 2.01. The van der Waals surface area contributed by atoms with Gasteiger partial charge in [-0.1, -0.05) is 6.07 Å². The van der Waals surface area contributed by atoms with Gasteiger partial charge in [0.25, 0.3) is 0 Å². The first kappa shape index (κ1) is 13.7. The molecule has 3 nitrogen and oxygen atoms in total. The number of nitrogens with one attached hydrogen (secondary N) is 1. The molecule has 0 bridgehead atoms. The Balaban J connectivity index is 2.02. The molecule has 19 heavy (non-hydrogen) atoms. The molecule has 1 aromatic carbocycles. The summed E-state index contributed by atoms with van der Waals surface area (Å²) in [5.74, 6) is -1.18. The normalized spacial score (nSPS) is 18.0. The molecule has 1 amide bonds. The van der Waals surface area contributed by atoms with Crippen LogP contribution in [0, 0.1) is 0 Å². The lowest BCUT2D eigenvalue weighted by Crippen LogP contribution is -2.43. The summed E-state index contributed by atoms with van der Waals surface area (Å²) in [6.45, 7) is 2.40. The lowest BCUT2D eigenvalue weighted by molar-refractivity contribution is -0.174. The molecule has 0 aliphatic heterocycles. The van der Waals surface area contributed by atoms with Gasteiger partial charge in [0.15, 0.2) is 0 Å². The van der Waals surface area contributed by atoms with E-state index in [1.54, 1.807) is 6.07 Å². The Morgan fingerprint density at radius 3 is 2.68 bits per heavy atom. The van der Waals surface area contributed by atoms with Crippen LogP contribution in [-0.2, 0) is 17.6 Å². The number of halogens is 3. The molecule has 0 fully saturated rings. The first-order valence-electron chi connectivity index (χ1n) is 6.02. The average molecular weight is 273 g/mol. The van der Waals surface area contributed by atoms with Crippen LogP contribution in [0.15, 0.2) is 18.2 Å². The topological polar surface area (TPSA) is 38.3 Å². The van der Waals surface area contributed by atoms with E-state index in [1.165, 1.54) is 0 Å². The highest BCUT2D eigenvalue weighted by molar-refractivity contribution is 5.82. The van der Waals surface area contributed by atoms with E-state index in [4.69, 9.17) is 4.74 Å². The van der Waals surface area contributed by atoms with Gasteiger partial charge in [0.05, 0.1) is 6.61 Å². The first-order valence-corrected chi connectivity index (χ1v) is 6.02. The summed E-state index contributed by atoms with van der Waals surface area (Å²) in [5.41, 5.74) is 1.88. The Labute approximate surface area is 108 Å². The Kier molecular flexibility index (Phi) is 3.68. The average Bonchev–Trinajstić information content (AvgIpc) is 2.69. The molecule has 0 saturated carbocycles. The van der Waals surface area contributed by atoms with Crippen LogP contribution < -0.4 is 10.1 Å². The molecule has 0 radical (unpaired) electrons. The maximum absolute atomic E-state index is 12.2. The van der Waals surface area contributed by atoms with Gasteiger partial charge < -0.3 is 10.1 Å². The van der Waals surface area contributed by atoms with Crippen molar-refractivity contribution in [1.82, 2.24) is 5.32 Å². The van der Waals surface area contributed by atoms with E-state index >= 15 is 0 Å². The number of hydrogen-bond donors (Lipinski definition) is 1. The molecule has 6 heteroatoms. The van der Waals surface area contributed by atoms with E-state index in [2.05, 4.69) is 0 Å². The molecule has 0 aromatic heterocycles. The Morgan fingerprint density at radius 2 is 2.05 bits per heavy atom. The summed E-state index contributed by atoms with van der Waals surface area (Å²) in [4.78, 5) is 10.9. The van der Waals surface area contributed by atoms with Gasteiger partial charge in [0.1, 0.15) is 5.75 Å². The molecule has 0 spiro atoms. The Hall–Kier alpha value is -1.72. The molecule has 0 unspecified atom stereocenters. The largest absolute Gasteiger partial charge is 0.494 e. The second-order valence-electron chi connectivity index (χ2n) is 4.44. The molecule has 104 valence electrons. The van der Waals surface area contributed by atoms with Crippen molar-refractivity contribution >= 4 is 5.91 Å². The van der Waals surface area contributed by atoms with Gasteiger partial charge >= 0.3 is 12.1 Å². The zero-order valence-electron chi connectivity index (χ0n) is 10.4. The van der Waals surface area contributed by atoms with Crippen LogP contribution in [0.1, 0.15) is 18.1 Å². The van der Waals surface area contributed by atoms with Gasteiger partial charge in [0, 0.05) is 6.04 Å². The lowest BCUT2D eigenvalue weighted by atomic mass is 10.1. The highest BCUT2D eigenvalue weighted by Crippen LogP contribution is 2.27. The smallest absolute Gasteiger partial charge is 0.471 e. The van der Waals surface area contributed by atoms with Crippen LogP contribution in [0.4, 0.5) is 13.2 Å².